The van der Waals surface area contributed by atoms with Crippen LogP contribution < -0.4 is 9.64 Å². The van der Waals surface area contributed by atoms with E-state index in [2.05, 4.69) is 10.00 Å². The number of carbonyl (C=O) groups is 1. The van der Waals surface area contributed by atoms with Crippen LogP contribution in [0, 0.1) is 0 Å². The number of benzene rings is 1. The van der Waals surface area contributed by atoms with Crippen molar-refractivity contribution in [2.45, 2.75) is 19.6 Å². The van der Waals surface area contributed by atoms with Crippen molar-refractivity contribution in [3.63, 3.8) is 0 Å². The van der Waals surface area contributed by atoms with Crippen LogP contribution in [0.25, 0.3) is 0 Å². The second-order valence-corrected chi connectivity index (χ2v) is 6.16. The summed E-state index contributed by atoms with van der Waals surface area (Å²) in [7, 11) is 0. The highest BCUT2D eigenvalue weighted by Gasteiger charge is 2.34. The fourth-order valence-electron chi connectivity index (χ4n) is 3.03. The summed E-state index contributed by atoms with van der Waals surface area (Å²) in [5.41, 5.74) is -0.0130. The zero-order valence-corrected chi connectivity index (χ0v) is 14.9. The molecule has 1 fully saturated rings. The molecule has 2 heterocycles. The summed E-state index contributed by atoms with van der Waals surface area (Å²) < 4.78 is 44.5. The topological polar surface area (TPSA) is 50.6 Å². The van der Waals surface area contributed by atoms with Crippen LogP contribution in [0.5, 0.6) is 5.75 Å². The molecular weight excluding hydrogens is 361 g/mol. The minimum atomic E-state index is -4.51. The highest BCUT2D eigenvalue weighted by molar-refractivity contribution is 5.76. The molecule has 1 aliphatic heterocycles. The van der Waals surface area contributed by atoms with Crippen molar-refractivity contribution in [2.75, 3.05) is 37.7 Å². The van der Waals surface area contributed by atoms with Gasteiger partial charge in [0, 0.05) is 32.4 Å². The Bertz CT molecular complexity index is 783. The molecule has 0 unspecified atom stereocenters. The highest BCUT2D eigenvalue weighted by Crippen LogP contribution is 2.29. The van der Waals surface area contributed by atoms with Crippen LogP contribution in [0.4, 0.5) is 18.9 Å². The molecule has 1 aromatic carbocycles. The average molecular weight is 382 g/mol. The molecular formula is C18H21F3N4O2. The van der Waals surface area contributed by atoms with Crippen molar-refractivity contribution in [2.24, 2.45) is 0 Å². The smallest absolute Gasteiger partial charge is 0.435 e. The Morgan fingerprint density at radius 3 is 2.48 bits per heavy atom. The van der Waals surface area contributed by atoms with Gasteiger partial charge < -0.3 is 14.5 Å². The predicted octanol–water partition coefficient (Wildman–Crippen LogP) is 2.65. The van der Waals surface area contributed by atoms with E-state index < -0.39 is 11.9 Å². The molecule has 0 aliphatic carbocycles. The first kappa shape index (κ1) is 19.1. The van der Waals surface area contributed by atoms with Crippen LogP contribution in [0.2, 0.25) is 0 Å². The van der Waals surface area contributed by atoms with Crippen molar-refractivity contribution >= 4 is 11.6 Å². The van der Waals surface area contributed by atoms with E-state index in [1.807, 2.05) is 31.2 Å². The monoisotopic (exact) mass is 382 g/mol. The number of anilines is 1. The van der Waals surface area contributed by atoms with Gasteiger partial charge in [-0.05, 0) is 25.1 Å². The quantitative estimate of drug-likeness (QED) is 0.798. The Balaban J connectivity index is 1.57. The van der Waals surface area contributed by atoms with Crippen molar-refractivity contribution in [1.29, 1.82) is 0 Å². The van der Waals surface area contributed by atoms with Gasteiger partial charge in [-0.15, -0.1) is 0 Å². The first-order valence-corrected chi connectivity index (χ1v) is 8.73. The number of aromatic nitrogens is 2. The molecule has 1 aromatic heterocycles. The van der Waals surface area contributed by atoms with E-state index in [-0.39, 0.29) is 12.5 Å². The van der Waals surface area contributed by atoms with E-state index in [4.69, 9.17) is 4.74 Å². The average Bonchev–Trinajstić information content (AvgIpc) is 3.12. The van der Waals surface area contributed by atoms with Crippen LogP contribution in [0.1, 0.15) is 12.6 Å². The number of ether oxygens (including phenoxy) is 1. The molecule has 0 bridgehead atoms. The summed E-state index contributed by atoms with van der Waals surface area (Å²) in [5, 5.41) is 3.43. The van der Waals surface area contributed by atoms with Gasteiger partial charge in [-0.2, -0.15) is 18.3 Å². The number of para-hydroxylation sites is 2. The Hall–Kier alpha value is -2.71. The minimum Gasteiger partial charge on any atom is -0.492 e. The fourth-order valence-corrected chi connectivity index (χ4v) is 3.03. The molecule has 6 nitrogen and oxygen atoms in total. The zero-order valence-electron chi connectivity index (χ0n) is 14.9. The Kier molecular flexibility index (Phi) is 5.57. The number of carbonyl (C=O) groups excluding carboxylic acids is 1. The van der Waals surface area contributed by atoms with Crippen molar-refractivity contribution in [3.05, 3.63) is 42.2 Å². The molecule has 1 amide bonds. The fraction of sp³-hybridized carbons (Fsp3) is 0.444. The van der Waals surface area contributed by atoms with E-state index in [0.717, 1.165) is 22.2 Å². The van der Waals surface area contributed by atoms with Gasteiger partial charge in [0.05, 0.1) is 12.3 Å². The maximum atomic E-state index is 12.6. The number of rotatable bonds is 5. The lowest BCUT2D eigenvalue weighted by atomic mass is 10.2. The summed E-state index contributed by atoms with van der Waals surface area (Å²) in [6.45, 7) is 4.53. The molecule has 146 valence electrons. The zero-order chi connectivity index (χ0) is 19.4. The minimum absolute atomic E-state index is 0.203. The van der Waals surface area contributed by atoms with Gasteiger partial charge >= 0.3 is 6.18 Å². The number of halogens is 3. The molecule has 27 heavy (non-hydrogen) atoms. The van der Waals surface area contributed by atoms with E-state index >= 15 is 0 Å². The van der Waals surface area contributed by atoms with Gasteiger partial charge in [0.15, 0.2) is 5.69 Å². The van der Waals surface area contributed by atoms with E-state index in [9.17, 15) is 18.0 Å². The molecule has 2 aromatic rings. The lowest BCUT2D eigenvalue weighted by Gasteiger charge is -2.36. The van der Waals surface area contributed by atoms with Crippen molar-refractivity contribution in [3.8, 4) is 5.75 Å². The second kappa shape index (κ2) is 7.89. The Morgan fingerprint density at radius 1 is 1.15 bits per heavy atom. The van der Waals surface area contributed by atoms with Gasteiger partial charge in [0.1, 0.15) is 12.3 Å². The molecule has 9 heteroatoms. The molecule has 0 spiro atoms. The summed E-state index contributed by atoms with van der Waals surface area (Å²) in [4.78, 5) is 16.2. The van der Waals surface area contributed by atoms with Crippen LogP contribution in [-0.4, -0.2) is 53.4 Å². The maximum Gasteiger partial charge on any atom is 0.435 e. The number of hydrogen-bond donors (Lipinski definition) is 0. The molecule has 0 radical (unpaired) electrons. The van der Waals surface area contributed by atoms with Crippen LogP contribution in [0.15, 0.2) is 36.5 Å². The number of amides is 1. The number of alkyl halides is 3. The third-order valence-corrected chi connectivity index (χ3v) is 4.37. The summed E-state index contributed by atoms with van der Waals surface area (Å²) in [6.07, 6.45) is -3.33. The van der Waals surface area contributed by atoms with E-state index in [0.29, 0.717) is 32.8 Å². The lowest BCUT2D eigenvalue weighted by molar-refractivity contribution is -0.142. The maximum absolute atomic E-state index is 12.6. The highest BCUT2D eigenvalue weighted by atomic mass is 19.4. The Labute approximate surface area is 155 Å². The van der Waals surface area contributed by atoms with Crippen molar-refractivity contribution < 1.29 is 22.7 Å². The molecule has 1 aliphatic rings. The molecule has 1 saturated heterocycles. The normalized spacial score (nSPS) is 15.1. The lowest BCUT2D eigenvalue weighted by Crippen LogP contribution is -2.49. The van der Waals surface area contributed by atoms with Crippen LogP contribution >= 0.6 is 0 Å². The largest absolute Gasteiger partial charge is 0.492 e. The van der Waals surface area contributed by atoms with Crippen LogP contribution in [0.3, 0.4) is 0 Å². The van der Waals surface area contributed by atoms with Gasteiger partial charge in [-0.25, -0.2) is 0 Å². The van der Waals surface area contributed by atoms with Crippen molar-refractivity contribution in [1.82, 2.24) is 14.7 Å². The number of hydrogen-bond acceptors (Lipinski definition) is 4. The first-order chi connectivity index (χ1) is 12.9. The van der Waals surface area contributed by atoms with Gasteiger partial charge in [0.25, 0.3) is 0 Å². The summed E-state index contributed by atoms with van der Waals surface area (Å²) in [6, 6.07) is 8.60. The SMILES string of the molecule is CCOc1ccccc1N1CCN(C(=O)Cn2ccc(C(F)(F)F)n2)CC1. The number of nitrogens with zero attached hydrogens (tertiary/aromatic N) is 4. The van der Waals surface area contributed by atoms with E-state index in [1.165, 1.54) is 6.20 Å². The Morgan fingerprint density at radius 2 is 1.85 bits per heavy atom. The van der Waals surface area contributed by atoms with Gasteiger partial charge in [-0.1, -0.05) is 12.1 Å². The third-order valence-electron chi connectivity index (χ3n) is 4.37. The van der Waals surface area contributed by atoms with E-state index in [1.54, 1.807) is 4.90 Å². The van der Waals surface area contributed by atoms with Gasteiger partial charge in [-0.3, -0.25) is 9.48 Å². The second-order valence-electron chi connectivity index (χ2n) is 6.16. The summed E-state index contributed by atoms with van der Waals surface area (Å²) >= 11 is 0. The molecule has 0 N–H and O–H groups in total. The standard InChI is InChI=1S/C18H21F3N4O2/c1-2-27-15-6-4-3-5-14(15)23-9-11-24(12-10-23)17(26)13-25-8-7-16(22-25)18(19,20)21/h3-8H,2,9-13H2,1H3. The molecule has 0 saturated carbocycles. The predicted molar refractivity (Wildman–Crippen MR) is 93.6 cm³/mol. The summed E-state index contributed by atoms with van der Waals surface area (Å²) in [5.74, 6) is 0.556. The van der Waals surface area contributed by atoms with Crippen LogP contribution in [-0.2, 0) is 17.5 Å². The number of piperazine rings is 1. The molecule has 0 atom stereocenters. The third kappa shape index (κ3) is 4.53. The molecule has 3 rings (SSSR count). The van der Waals surface area contributed by atoms with Gasteiger partial charge in [0.2, 0.25) is 5.91 Å². The first-order valence-electron chi connectivity index (χ1n) is 8.73.